The first kappa shape index (κ1) is 14.9. The number of hydrogen-bond acceptors (Lipinski definition) is 3. The van der Waals surface area contributed by atoms with Gasteiger partial charge >= 0.3 is 0 Å². The van der Waals surface area contributed by atoms with E-state index >= 15 is 0 Å². The minimum atomic E-state index is 0.447. The van der Waals surface area contributed by atoms with Gasteiger partial charge in [-0.2, -0.15) is 0 Å². The second-order valence-corrected chi connectivity index (χ2v) is 4.04. The van der Waals surface area contributed by atoms with Crippen LogP contribution in [0.1, 0.15) is 34.6 Å². The minimum Gasteiger partial charge on any atom is -0.380 e. The molecule has 0 saturated heterocycles. The van der Waals surface area contributed by atoms with Gasteiger partial charge in [0.1, 0.15) is 0 Å². The van der Waals surface area contributed by atoms with Crippen LogP contribution >= 0.6 is 0 Å². The Bertz CT molecular complexity index is 138. The van der Waals surface area contributed by atoms with Crippen molar-refractivity contribution in [3.8, 4) is 0 Å². The minimum absolute atomic E-state index is 0.447. The van der Waals surface area contributed by atoms with Crippen LogP contribution in [0.2, 0.25) is 0 Å². The van der Waals surface area contributed by atoms with Gasteiger partial charge in [-0.25, -0.2) is 0 Å². The van der Waals surface area contributed by atoms with Crippen molar-refractivity contribution in [3.05, 3.63) is 0 Å². The van der Waals surface area contributed by atoms with E-state index in [0.717, 1.165) is 32.8 Å². The highest BCUT2D eigenvalue weighted by Gasteiger charge is 2.10. The van der Waals surface area contributed by atoms with Crippen molar-refractivity contribution in [1.29, 1.82) is 0 Å². The molecule has 0 heterocycles. The van der Waals surface area contributed by atoms with Crippen LogP contribution in [0, 0.1) is 0 Å². The van der Waals surface area contributed by atoms with Crippen LogP contribution in [0.3, 0.4) is 0 Å². The average Bonchev–Trinajstić information content (AvgIpc) is 2.25. The molecule has 0 aliphatic carbocycles. The van der Waals surface area contributed by atoms with E-state index < -0.39 is 0 Å². The Morgan fingerprint density at radius 2 is 1.73 bits per heavy atom. The molecule has 0 saturated carbocycles. The highest BCUT2D eigenvalue weighted by atomic mass is 16.5. The van der Waals surface area contributed by atoms with Crippen molar-refractivity contribution in [1.82, 2.24) is 10.2 Å². The van der Waals surface area contributed by atoms with Crippen LogP contribution < -0.4 is 5.32 Å². The smallest absolute Gasteiger partial charge is 0.0616 e. The summed E-state index contributed by atoms with van der Waals surface area (Å²) in [5.74, 6) is 0. The van der Waals surface area contributed by atoms with Gasteiger partial charge in [0, 0.05) is 25.2 Å². The van der Waals surface area contributed by atoms with Crippen LogP contribution in [-0.4, -0.2) is 49.8 Å². The molecule has 0 bridgehead atoms. The lowest BCUT2D eigenvalue weighted by molar-refractivity contribution is 0.123. The van der Waals surface area contributed by atoms with Crippen LogP contribution in [0.5, 0.6) is 0 Å². The Hall–Kier alpha value is -0.120. The number of hydrogen-bond donors (Lipinski definition) is 1. The van der Waals surface area contributed by atoms with Gasteiger partial charge in [-0.05, 0) is 33.9 Å². The lowest BCUT2D eigenvalue weighted by atomic mass is 10.2. The fraction of sp³-hybridized carbons (Fsp3) is 1.00. The molecule has 2 atom stereocenters. The molecule has 1 N–H and O–H groups in total. The number of rotatable bonds is 9. The van der Waals surface area contributed by atoms with E-state index in [-0.39, 0.29) is 0 Å². The summed E-state index contributed by atoms with van der Waals surface area (Å²) in [6.07, 6.45) is 0. The maximum Gasteiger partial charge on any atom is 0.0616 e. The van der Waals surface area contributed by atoms with Gasteiger partial charge in [0.05, 0.1) is 6.61 Å². The molecule has 92 valence electrons. The maximum atomic E-state index is 5.36. The molecule has 3 nitrogen and oxygen atoms in total. The highest BCUT2D eigenvalue weighted by molar-refractivity contribution is 4.70. The highest BCUT2D eigenvalue weighted by Crippen LogP contribution is 1.97. The van der Waals surface area contributed by atoms with Crippen molar-refractivity contribution < 1.29 is 4.74 Å². The SMILES string of the molecule is CCOCC(C)NCC(C)N(CC)CC. The van der Waals surface area contributed by atoms with Gasteiger partial charge in [-0.3, -0.25) is 4.90 Å². The van der Waals surface area contributed by atoms with Crippen molar-refractivity contribution in [2.45, 2.75) is 46.7 Å². The third-order valence-corrected chi connectivity index (χ3v) is 2.77. The molecule has 0 aliphatic rings. The summed E-state index contributed by atoms with van der Waals surface area (Å²) in [7, 11) is 0. The summed E-state index contributed by atoms with van der Waals surface area (Å²) >= 11 is 0. The summed E-state index contributed by atoms with van der Waals surface area (Å²) in [5.41, 5.74) is 0. The van der Waals surface area contributed by atoms with Crippen LogP contribution in [-0.2, 0) is 4.74 Å². The van der Waals surface area contributed by atoms with Crippen molar-refractivity contribution in [2.24, 2.45) is 0 Å². The van der Waals surface area contributed by atoms with Gasteiger partial charge in [0.25, 0.3) is 0 Å². The Kier molecular flexibility index (Phi) is 9.06. The summed E-state index contributed by atoms with van der Waals surface area (Å²) in [6.45, 7) is 15.8. The lowest BCUT2D eigenvalue weighted by Gasteiger charge is -2.27. The zero-order chi connectivity index (χ0) is 11.7. The van der Waals surface area contributed by atoms with E-state index in [1.807, 2.05) is 6.92 Å². The van der Waals surface area contributed by atoms with E-state index in [2.05, 4.69) is 37.9 Å². The second kappa shape index (κ2) is 9.13. The quantitative estimate of drug-likeness (QED) is 0.635. The fourth-order valence-electron chi connectivity index (χ4n) is 1.70. The van der Waals surface area contributed by atoms with E-state index in [1.54, 1.807) is 0 Å². The Morgan fingerprint density at radius 1 is 1.13 bits per heavy atom. The number of nitrogens with zero attached hydrogens (tertiary/aromatic N) is 1. The summed E-state index contributed by atoms with van der Waals surface area (Å²) in [4.78, 5) is 2.46. The zero-order valence-corrected chi connectivity index (χ0v) is 11.0. The predicted molar refractivity (Wildman–Crippen MR) is 66.3 cm³/mol. The van der Waals surface area contributed by atoms with Crippen LogP contribution in [0.4, 0.5) is 0 Å². The summed E-state index contributed by atoms with van der Waals surface area (Å²) < 4.78 is 5.36. The summed E-state index contributed by atoms with van der Waals surface area (Å²) in [6, 6.07) is 1.05. The fourth-order valence-corrected chi connectivity index (χ4v) is 1.70. The van der Waals surface area contributed by atoms with Crippen LogP contribution in [0.25, 0.3) is 0 Å². The van der Waals surface area contributed by atoms with Crippen molar-refractivity contribution >= 4 is 0 Å². The van der Waals surface area contributed by atoms with Gasteiger partial charge in [0.2, 0.25) is 0 Å². The predicted octanol–water partition coefficient (Wildman–Crippen LogP) is 1.73. The zero-order valence-electron chi connectivity index (χ0n) is 11.0. The van der Waals surface area contributed by atoms with Gasteiger partial charge in [-0.15, -0.1) is 0 Å². The number of likely N-dealkylation sites (N-methyl/N-ethyl adjacent to an activating group) is 1. The van der Waals surface area contributed by atoms with Gasteiger partial charge in [-0.1, -0.05) is 13.8 Å². The van der Waals surface area contributed by atoms with E-state index in [0.29, 0.717) is 12.1 Å². The molecule has 0 aromatic rings. The monoisotopic (exact) mass is 216 g/mol. The molecule has 0 spiro atoms. The third kappa shape index (κ3) is 6.88. The molecule has 0 aromatic carbocycles. The maximum absolute atomic E-state index is 5.36. The Labute approximate surface area is 95.2 Å². The van der Waals surface area contributed by atoms with Crippen molar-refractivity contribution in [3.63, 3.8) is 0 Å². The molecular formula is C12H28N2O. The van der Waals surface area contributed by atoms with E-state index in [9.17, 15) is 0 Å². The first-order valence-corrected chi connectivity index (χ1v) is 6.20. The van der Waals surface area contributed by atoms with Gasteiger partial charge in [0.15, 0.2) is 0 Å². The van der Waals surface area contributed by atoms with Gasteiger partial charge < -0.3 is 10.1 Å². The second-order valence-electron chi connectivity index (χ2n) is 4.04. The topological polar surface area (TPSA) is 24.5 Å². The summed E-state index contributed by atoms with van der Waals surface area (Å²) in [5, 5.41) is 3.50. The number of nitrogens with one attached hydrogen (secondary N) is 1. The lowest BCUT2D eigenvalue weighted by Crippen LogP contribution is -2.43. The Balaban J connectivity index is 3.63. The van der Waals surface area contributed by atoms with Crippen molar-refractivity contribution in [2.75, 3.05) is 32.8 Å². The average molecular weight is 216 g/mol. The molecule has 0 fully saturated rings. The largest absolute Gasteiger partial charge is 0.380 e. The molecule has 0 amide bonds. The van der Waals surface area contributed by atoms with Crippen LogP contribution in [0.15, 0.2) is 0 Å². The molecule has 0 aromatic heterocycles. The van der Waals surface area contributed by atoms with E-state index in [1.165, 1.54) is 0 Å². The molecule has 15 heavy (non-hydrogen) atoms. The Morgan fingerprint density at radius 3 is 2.20 bits per heavy atom. The van der Waals surface area contributed by atoms with E-state index in [4.69, 9.17) is 4.74 Å². The molecule has 0 radical (unpaired) electrons. The number of ether oxygens (including phenoxy) is 1. The first-order valence-electron chi connectivity index (χ1n) is 6.20. The first-order chi connectivity index (χ1) is 7.15. The molecule has 0 rings (SSSR count). The molecule has 3 heteroatoms. The molecule has 2 unspecified atom stereocenters. The standard InChI is InChI=1S/C12H28N2O/c1-6-14(7-2)12(5)9-13-11(4)10-15-8-3/h11-13H,6-10H2,1-5H3. The molecule has 0 aliphatic heterocycles. The molecular weight excluding hydrogens is 188 g/mol. The third-order valence-electron chi connectivity index (χ3n) is 2.77. The normalized spacial score (nSPS) is 15.6.